The molecule has 1 saturated heterocycles. The number of carbonyl (C=O) groups is 2. The van der Waals surface area contributed by atoms with E-state index in [1.807, 2.05) is 13.8 Å². The van der Waals surface area contributed by atoms with Crippen LogP contribution in [0.4, 0.5) is 5.69 Å². The molecular formula is C14H16Cl2N2O2. The van der Waals surface area contributed by atoms with Crippen molar-refractivity contribution in [1.29, 1.82) is 0 Å². The fourth-order valence-electron chi connectivity index (χ4n) is 2.40. The Labute approximate surface area is 128 Å². The number of nitrogens with one attached hydrogen (secondary N) is 1. The molecule has 6 heteroatoms. The first-order valence-corrected chi connectivity index (χ1v) is 7.34. The lowest BCUT2D eigenvalue weighted by Gasteiger charge is -2.39. The first-order valence-electron chi connectivity index (χ1n) is 6.58. The van der Waals surface area contributed by atoms with Gasteiger partial charge in [-0.15, -0.1) is 0 Å². The highest BCUT2D eigenvalue weighted by Crippen LogP contribution is 2.36. The van der Waals surface area contributed by atoms with Crippen LogP contribution in [0.25, 0.3) is 0 Å². The van der Waals surface area contributed by atoms with Crippen LogP contribution in [0.2, 0.25) is 10.0 Å². The van der Waals surface area contributed by atoms with Gasteiger partial charge in [0.2, 0.25) is 11.8 Å². The Morgan fingerprint density at radius 1 is 1.15 bits per heavy atom. The predicted molar refractivity (Wildman–Crippen MR) is 80.2 cm³/mol. The maximum Gasteiger partial charge on any atom is 0.250 e. The number of hydrogen-bond acceptors (Lipinski definition) is 2. The Balaban J connectivity index is 2.54. The van der Waals surface area contributed by atoms with Gasteiger partial charge >= 0.3 is 0 Å². The van der Waals surface area contributed by atoms with E-state index in [-0.39, 0.29) is 11.8 Å². The summed E-state index contributed by atoms with van der Waals surface area (Å²) in [6, 6.07) is 3.92. The largest absolute Gasteiger partial charge is 0.342 e. The van der Waals surface area contributed by atoms with Gasteiger partial charge in [-0.25, -0.2) is 0 Å². The van der Waals surface area contributed by atoms with Crippen molar-refractivity contribution < 1.29 is 9.59 Å². The van der Waals surface area contributed by atoms with E-state index >= 15 is 0 Å². The van der Waals surface area contributed by atoms with Gasteiger partial charge in [-0.3, -0.25) is 14.5 Å². The van der Waals surface area contributed by atoms with Crippen molar-refractivity contribution in [1.82, 2.24) is 5.32 Å². The van der Waals surface area contributed by atoms with Gasteiger partial charge in [0, 0.05) is 0 Å². The number of hydrogen-bond donors (Lipinski definition) is 1. The lowest BCUT2D eigenvalue weighted by atomic mass is 10.0. The average Bonchev–Trinajstić information content (AvgIpc) is 2.42. The van der Waals surface area contributed by atoms with Crippen molar-refractivity contribution in [3.63, 3.8) is 0 Å². The van der Waals surface area contributed by atoms with Crippen LogP contribution in [0.5, 0.6) is 0 Å². The molecule has 1 N–H and O–H groups in total. The summed E-state index contributed by atoms with van der Waals surface area (Å²) in [5.41, 5.74) is 0.418. The quantitative estimate of drug-likeness (QED) is 0.932. The minimum absolute atomic E-state index is 0.171. The summed E-state index contributed by atoms with van der Waals surface area (Å²) in [6.45, 7) is 3.70. The van der Waals surface area contributed by atoms with E-state index in [1.54, 1.807) is 18.2 Å². The number of anilines is 1. The van der Waals surface area contributed by atoms with E-state index in [4.69, 9.17) is 23.2 Å². The summed E-state index contributed by atoms with van der Waals surface area (Å²) in [5.74, 6) is -0.344. The first-order chi connectivity index (χ1) is 9.51. The van der Waals surface area contributed by atoms with Gasteiger partial charge in [-0.1, -0.05) is 43.1 Å². The summed E-state index contributed by atoms with van der Waals surface area (Å²) in [6.07, 6.45) is 1.02. The van der Waals surface area contributed by atoms with E-state index in [2.05, 4.69) is 5.32 Å². The fraction of sp³-hybridized carbons (Fsp3) is 0.429. The molecule has 20 heavy (non-hydrogen) atoms. The summed E-state index contributed by atoms with van der Waals surface area (Å²) in [5, 5.41) is 3.48. The lowest BCUT2D eigenvalue weighted by Crippen LogP contribution is -2.63. The van der Waals surface area contributed by atoms with Crippen molar-refractivity contribution in [2.24, 2.45) is 0 Å². The molecule has 1 aromatic rings. The van der Waals surface area contributed by atoms with Crippen LogP contribution in [0, 0.1) is 0 Å². The zero-order valence-electron chi connectivity index (χ0n) is 11.3. The van der Waals surface area contributed by atoms with Crippen LogP contribution < -0.4 is 10.2 Å². The van der Waals surface area contributed by atoms with Gasteiger partial charge in [0.1, 0.15) is 12.1 Å². The second-order valence-electron chi connectivity index (χ2n) is 4.67. The maximum atomic E-state index is 12.6. The Morgan fingerprint density at radius 2 is 1.75 bits per heavy atom. The number of rotatable bonds is 3. The molecule has 4 nitrogen and oxygen atoms in total. The van der Waals surface area contributed by atoms with Gasteiger partial charge in [0.05, 0.1) is 15.7 Å². The smallest absolute Gasteiger partial charge is 0.250 e. The molecule has 0 spiro atoms. The van der Waals surface area contributed by atoms with E-state index in [0.717, 1.165) is 0 Å². The van der Waals surface area contributed by atoms with E-state index in [1.165, 1.54) is 4.90 Å². The molecule has 108 valence electrons. The summed E-state index contributed by atoms with van der Waals surface area (Å²) in [7, 11) is 0. The third-order valence-corrected chi connectivity index (χ3v) is 4.05. The van der Waals surface area contributed by atoms with E-state index in [9.17, 15) is 9.59 Å². The summed E-state index contributed by atoms with van der Waals surface area (Å²) in [4.78, 5) is 26.2. The molecule has 0 bridgehead atoms. The molecule has 1 aliphatic rings. The molecular weight excluding hydrogens is 299 g/mol. The molecule has 1 aliphatic heterocycles. The molecule has 0 aromatic heterocycles. The molecule has 1 fully saturated rings. The number of benzene rings is 1. The van der Waals surface area contributed by atoms with Gasteiger partial charge in [-0.05, 0) is 25.0 Å². The molecule has 2 unspecified atom stereocenters. The highest BCUT2D eigenvalue weighted by molar-refractivity contribution is 6.40. The number of amides is 2. The van der Waals surface area contributed by atoms with Gasteiger partial charge in [-0.2, -0.15) is 0 Å². The third-order valence-electron chi connectivity index (χ3n) is 3.44. The number of carbonyl (C=O) groups excluding carboxylic acids is 2. The number of piperazine rings is 1. The van der Waals surface area contributed by atoms with Crippen molar-refractivity contribution in [3.8, 4) is 0 Å². The minimum Gasteiger partial charge on any atom is -0.342 e. The van der Waals surface area contributed by atoms with Gasteiger partial charge in [0.25, 0.3) is 0 Å². The second-order valence-corrected chi connectivity index (χ2v) is 5.49. The Hall–Kier alpha value is -1.26. The monoisotopic (exact) mass is 314 g/mol. The van der Waals surface area contributed by atoms with Crippen LogP contribution in [-0.2, 0) is 9.59 Å². The first kappa shape index (κ1) is 15.1. The lowest BCUT2D eigenvalue weighted by molar-refractivity contribution is -0.134. The highest BCUT2D eigenvalue weighted by Gasteiger charge is 2.41. The number of nitrogens with zero attached hydrogens (tertiary/aromatic N) is 1. The van der Waals surface area contributed by atoms with Crippen LogP contribution in [-0.4, -0.2) is 23.9 Å². The topological polar surface area (TPSA) is 49.4 Å². The van der Waals surface area contributed by atoms with E-state index in [0.29, 0.717) is 28.6 Å². The normalized spacial score (nSPS) is 22.9. The average molecular weight is 315 g/mol. The fourth-order valence-corrected chi connectivity index (χ4v) is 2.98. The summed E-state index contributed by atoms with van der Waals surface area (Å²) < 4.78 is 0. The molecule has 1 heterocycles. The highest BCUT2D eigenvalue weighted by atomic mass is 35.5. The second kappa shape index (κ2) is 6.02. The van der Waals surface area contributed by atoms with Crippen molar-refractivity contribution in [2.45, 2.75) is 38.8 Å². The van der Waals surface area contributed by atoms with Crippen molar-refractivity contribution in [3.05, 3.63) is 28.2 Å². The number of halogens is 2. The standard InChI is InChI=1S/C14H16Cl2N2O2/c1-3-10-14(20)18(11(4-2)13(19)17-10)12-8(15)6-5-7-9(12)16/h5-7,10-11H,3-4H2,1-2H3,(H,17,19). The zero-order chi connectivity index (χ0) is 14.9. The van der Waals surface area contributed by atoms with E-state index < -0.39 is 12.1 Å². The Kier molecular flexibility index (Phi) is 4.55. The van der Waals surface area contributed by atoms with Crippen molar-refractivity contribution in [2.75, 3.05) is 4.90 Å². The molecule has 2 amide bonds. The van der Waals surface area contributed by atoms with Crippen LogP contribution in [0.3, 0.4) is 0 Å². The minimum atomic E-state index is -0.581. The SMILES string of the molecule is CCC1NC(=O)C(CC)N(c2c(Cl)cccc2Cl)C1=O. The summed E-state index contributed by atoms with van der Waals surface area (Å²) >= 11 is 12.4. The predicted octanol–water partition coefficient (Wildman–Crippen LogP) is 3.01. The maximum absolute atomic E-state index is 12.6. The van der Waals surface area contributed by atoms with Crippen LogP contribution >= 0.6 is 23.2 Å². The molecule has 2 rings (SSSR count). The molecule has 0 aliphatic carbocycles. The van der Waals surface area contributed by atoms with Crippen molar-refractivity contribution >= 4 is 40.7 Å². The Bertz CT molecular complexity index is 528. The molecule has 0 radical (unpaired) electrons. The Morgan fingerprint density at radius 3 is 2.25 bits per heavy atom. The number of para-hydroxylation sites is 1. The van der Waals surface area contributed by atoms with Gasteiger partial charge < -0.3 is 5.32 Å². The van der Waals surface area contributed by atoms with Crippen LogP contribution in [0.15, 0.2) is 18.2 Å². The van der Waals surface area contributed by atoms with Crippen LogP contribution in [0.1, 0.15) is 26.7 Å². The zero-order valence-corrected chi connectivity index (χ0v) is 12.8. The molecule has 1 aromatic carbocycles. The third kappa shape index (κ3) is 2.50. The molecule has 2 atom stereocenters. The molecule has 0 saturated carbocycles. The van der Waals surface area contributed by atoms with Gasteiger partial charge in [0.15, 0.2) is 0 Å².